The van der Waals surface area contributed by atoms with Gasteiger partial charge in [-0.05, 0) is 38.3 Å². The van der Waals surface area contributed by atoms with E-state index in [2.05, 4.69) is 4.98 Å². The van der Waals surface area contributed by atoms with Crippen LogP contribution in [0.2, 0.25) is 0 Å². The number of aryl methyl sites for hydroxylation is 1. The van der Waals surface area contributed by atoms with Gasteiger partial charge in [-0.2, -0.15) is 4.31 Å². The number of nitrogens with zero attached hydrogens (tertiary/aromatic N) is 3. The molecule has 0 aliphatic carbocycles. The van der Waals surface area contributed by atoms with E-state index in [0.29, 0.717) is 23.5 Å². The summed E-state index contributed by atoms with van der Waals surface area (Å²) in [5.41, 5.74) is 0.888. The molecule has 1 atom stereocenters. The number of benzene rings is 1. The Morgan fingerprint density at radius 3 is 2.80 bits per heavy atom. The third kappa shape index (κ3) is 3.90. The highest BCUT2D eigenvalue weighted by Crippen LogP contribution is 2.26. The first kappa shape index (κ1) is 20.7. The van der Waals surface area contributed by atoms with Gasteiger partial charge in [0.2, 0.25) is 10.0 Å². The van der Waals surface area contributed by atoms with Crippen molar-refractivity contribution in [3.8, 4) is 0 Å². The number of ether oxygens (including phenoxy) is 1. The van der Waals surface area contributed by atoms with Crippen LogP contribution in [0, 0.1) is 6.92 Å². The van der Waals surface area contributed by atoms with Crippen LogP contribution in [0.25, 0.3) is 4.96 Å². The Bertz CT molecular complexity index is 1230. The Morgan fingerprint density at radius 2 is 2.03 bits per heavy atom. The average molecular weight is 448 g/mol. The first-order valence-corrected chi connectivity index (χ1v) is 11.9. The summed E-state index contributed by atoms with van der Waals surface area (Å²) in [7, 11) is -3.81. The Labute approximate surface area is 177 Å². The van der Waals surface area contributed by atoms with Crippen molar-refractivity contribution in [2.24, 2.45) is 0 Å². The van der Waals surface area contributed by atoms with Gasteiger partial charge in [-0.25, -0.2) is 13.4 Å². The minimum Gasteiger partial charge on any atom is -0.458 e. The topological polar surface area (TPSA) is 98.0 Å². The van der Waals surface area contributed by atoms with Crippen molar-refractivity contribution in [1.82, 2.24) is 13.7 Å². The maximum atomic E-state index is 13.0. The fraction of sp³-hybridized carbons (Fsp3) is 0.350. The van der Waals surface area contributed by atoms with Crippen molar-refractivity contribution in [2.45, 2.75) is 43.7 Å². The van der Waals surface area contributed by atoms with Gasteiger partial charge in [0.25, 0.3) is 5.56 Å². The van der Waals surface area contributed by atoms with E-state index in [1.807, 2.05) is 12.3 Å². The van der Waals surface area contributed by atoms with Crippen molar-refractivity contribution in [2.75, 3.05) is 6.54 Å². The number of sulfonamides is 1. The van der Waals surface area contributed by atoms with Crippen LogP contribution < -0.4 is 5.56 Å². The summed E-state index contributed by atoms with van der Waals surface area (Å²) in [4.78, 5) is 30.1. The molecule has 0 radical (unpaired) electrons. The standard InChI is InChI=1S/C20H21N3O5S2/c1-14-13-29-20-21-15(11-18(24)23(14)20)12-28-19(25)17-9-5-6-10-22(17)30(26,27)16-7-3-2-4-8-16/h2-4,7-8,11,13,17H,5-6,9-10,12H2,1H3/t17-/m1/s1. The van der Waals surface area contributed by atoms with Crippen molar-refractivity contribution in [3.63, 3.8) is 0 Å². The second kappa shape index (κ2) is 8.29. The van der Waals surface area contributed by atoms with Crippen LogP contribution in [0.15, 0.2) is 51.5 Å². The lowest BCUT2D eigenvalue weighted by molar-refractivity contribution is -0.150. The normalized spacial score (nSPS) is 17.8. The van der Waals surface area contributed by atoms with Crippen molar-refractivity contribution in [3.05, 3.63) is 63.5 Å². The molecule has 3 heterocycles. The number of thiazole rings is 1. The van der Waals surface area contributed by atoms with E-state index in [4.69, 9.17) is 4.74 Å². The summed E-state index contributed by atoms with van der Waals surface area (Å²) in [6.45, 7) is 1.89. The fourth-order valence-corrected chi connectivity index (χ4v) is 6.13. The first-order chi connectivity index (χ1) is 14.4. The summed E-state index contributed by atoms with van der Waals surface area (Å²) in [6, 6.07) is 8.51. The largest absolute Gasteiger partial charge is 0.458 e. The highest BCUT2D eigenvalue weighted by molar-refractivity contribution is 7.89. The van der Waals surface area contributed by atoms with Gasteiger partial charge in [-0.15, -0.1) is 11.3 Å². The quantitative estimate of drug-likeness (QED) is 0.557. The number of rotatable bonds is 5. The molecule has 30 heavy (non-hydrogen) atoms. The molecule has 1 aliphatic rings. The summed E-state index contributed by atoms with van der Waals surface area (Å²) in [6.07, 6.45) is 1.81. The zero-order valence-corrected chi connectivity index (χ0v) is 18.0. The van der Waals surface area contributed by atoms with E-state index in [0.717, 1.165) is 12.1 Å². The molecule has 158 valence electrons. The number of fused-ring (bicyclic) bond motifs is 1. The Kier molecular flexibility index (Phi) is 5.72. The second-order valence-corrected chi connectivity index (χ2v) is 9.86. The van der Waals surface area contributed by atoms with Crippen LogP contribution in [0.4, 0.5) is 0 Å². The van der Waals surface area contributed by atoms with Gasteiger partial charge in [0.15, 0.2) is 4.96 Å². The first-order valence-electron chi connectivity index (χ1n) is 9.58. The molecule has 1 aromatic carbocycles. The van der Waals surface area contributed by atoms with Crippen LogP contribution in [0.5, 0.6) is 0 Å². The van der Waals surface area contributed by atoms with Gasteiger partial charge in [-0.3, -0.25) is 14.0 Å². The molecule has 8 nitrogen and oxygen atoms in total. The molecule has 4 rings (SSSR count). The van der Waals surface area contributed by atoms with E-state index in [9.17, 15) is 18.0 Å². The molecule has 10 heteroatoms. The minimum absolute atomic E-state index is 0.151. The SMILES string of the molecule is Cc1csc2nc(COC(=O)[C@H]3CCCCN3S(=O)(=O)c3ccccc3)cc(=O)n12. The number of hydrogen-bond donors (Lipinski definition) is 0. The van der Waals surface area contributed by atoms with E-state index in [1.165, 1.54) is 38.2 Å². The minimum atomic E-state index is -3.81. The van der Waals surface area contributed by atoms with Crippen LogP contribution >= 0.6 is 11.3 Å². The Balaban J connectivity index is 1.52. The molecule has 2 aromatic heterocycles. The molecule has 0 saturated carbocycles. The lowest BCUT2D eigenvalue weighted by atomic mass is 10.1. The zero-order valence-electron chi connectivity index (χ0n) is 16.4. The Hall–Kier alpha value is -2.56. The number of aromatic nitrogens is 2. The highest BCUT2D eigenvalue weighted by Gasteiger charge is 2.38. The second-order valence-electron chi connectivity index (χ2n) is 7.13. The van der Waals surface area contributed by atoms with Crippen molar-refractivity contribution in [1.29, 1.82) is 0 Å². The summed E-state index contributed by atoms with van der Waals surface area (Å²) < 4.78 is 34.2. The lowest BCUT2D eigenvalue weighted by Crippen LogP contribution is -2.48. The molecule has 0 N–H and O–H groups in total. The van der Waals surface area contributed by atoms with Crippen molar-refractivity contribution < 1.29 is 17.9 Å². The van der Waals surface area contributed by atoms with Gasteiger partial charge in [0.05, 0.1) is 10.6 Å². The van der Waals surface area contributed by atoms with E-state index in [-0.39, 0.29) is 23.6 Å². The molecule has 0 amide bonds. The molecule has 1 fully saturated rings. The monoisotopic (exact) mass is 447 g/mol. The smallest absolute Gasteiger partial charge is 0.324 e. The molecular formula is C20H21N3O5S2. The number of piperidine rings is 1. The van der Waals surface area contributed by atoms with Gasteiger partial charge in [0.1, 0.15) is 12.6 Å². The van der Waals surface area contributed by atoms with Crippen molar-refractivity contribution >= 4 is 32.3 Å². The molecule has 1 saturated heterocycles. The molecule has 3 aromatic rings. The van der Waals surface area contributed by atoms with E-state index in [1.54, 1.807) is 18.2 Å². The lowest BCUT2D eigenvalue weighted by Gasteiger charge is -2.32. The van der Waals surface area contributed by atoms with Crippen LogP contribution in [0.1, 0.15) is 30.7 Å². The number of hydrogen-bond acceptors (Lipinski definition) is 7. The van der Waals surface area contributed by atoms with Gasteiger partial charge >= 0.3 is 5.97 Å². The predicted molar refractivity (Wildman–Crippen MR) is 112 cm³/mol. The number of carbonyl (C=O) groups is 1. The maximum Gasteiger partial charge on any atom is 0.324 e. The zero-order chi connectivity index (χ0) is 21.3. The molecule has 0 spiro atoms. The predicted octanol–water partition coefficient (Wildman–Crippen LogP) is 2.35. The number of esters is 1. The summed E-state index contributed by atoms with van der Waals surface area (Å²) >= 11 is 1.33. The third-order valence-corrected chi connectivity index (χ3v) is 7.93. The maximum absolute atomic E-state index is 13.0. The van der Waals surface area contributed by atoms with Crippen LogP contribution in [-0.2, 0) is 26.2 Å². The van der Waals surface area contributed by atoms with Crippen LogP contribution in [-0.4, -0.2) is 40.7 Å². The molecule has 0 bridgehead atoms. The average Bonchev–Trinajstić information content (AvgIpc) is 3.14. The molecular weight excluding hydrogens is 426 g/mol. The van der Waals surface area contributed by atoms with E-state index < -0.39 is 22.0 Å². The third-order valence-electron chi connectivity index (χ3n) is 5.07. The Morgan fingerprint density at radius 1 is 1.27 bits per heavy atom. The summed E-state index contributed by atoms with van der Waals surface area (Å²) in [5, 5.41) is 1.83. The van der Waals surface area contributed by atoms with Crippen LogP contribution in [0.3, 0.4) is 0 Å². The van der Waals surface area contributed by atoms with Gasteiger partial charge < -0.3 is 4.74 Å². The van der Waals surface area contributed by atoms with Gasteiger partial charge in [0, 0.05) is 23.7 Å². The number of carbonyl (C=O) groups excluding carboxylic acids is 1. The molecule has 1 aliphatic heterocycles. The molecule has 0 unspecified atom stereocenters. The highest BCUT2D eigenvalue weighted by atomic mass is 32.2. The fourth-order valence-electron chi connectivity index (χ4n) is 3.57. The van der Waals surface area contributed by atoms with E-state index >= 15 is 0 Å². The summed E-state index contributed by atoms with van der Waals surface area (Å²) in [5.74, 6) is -0.626. The van der Waals surface area contributed by atoms with Gasteiger partial charge in [-0.1, -0.05) is 18.2 Å².